The highest BCUT2D eigenvalue weighted by atomic mass is 32.2. The Morgan fingerprint density at radius 1 is 0.526 bits per heavy atom. The molecule has 4 rings (SSSR count). The predicted molar refractivity (Wildman–Crippen MR) is 347 cm³/mol. The first-order valence-corrected chi connectivity index (χ1v) is 33.6. The minimum absolute atomic E-state index is 0.0182. The molecule has 0 saturated carbocycles. The van der Waals surface area contributed by atoms with Gasteiger partial charge < -0.3 is 73.1 Å². The molecule has 0 saturated heterocycles. The zero-order valence-electron chi connectivity index (χ0n) is 56.8. The third-order valence-electron chi connectivity index (χ3n) is 15.5. The summed E-state index contributed by atoms with van der Waals surface area (Å²) in [6, 6.07) is -11.2. The van der Waals surface area contributed by atoms with Crippen LogP contribution in [0.1, 0.15) is 159 Å². The molecule has 0 aliphatic carbocycles. The maximum Gasteiger partial charge on any atom is 0.326 e. The molecule has 32 nitrogen and oxygen atoms in total. The molecule has 0 aromatic heterocycles. The van der Waals surface area contributed by atoms with Gasteiger partial charge in [-0.25, -0.2) is 31.1 Å². The van der Waals surface area contributed by atoms with Crippen LogP contribution in [-0.4, -0.2) is 170 Å². The van der Waals surface area contributed by atoms with E-state index in [2.05, 4.69) is 51.3 Å². The van der Waals surface area contributed by atoms with Crippen LogP contribution in [0, 0.1) is 41.5 Å². The van der Waals surface area contributed by atoms with Gasteiger partial charge in [0.05, 0.1) is 22.6 Å². The molecule has 2 aliphatic heterocycles. The normalized spacial score (nSPS) is 16.4. The number of carbonyl (C=O) groups excluding carboxylic acids is 8. The second-order valence-corrected chi connectivity index (χ2v) is 29.2. The molecule has 2 aromatic carbocycles. The molecule has 528 valence electrons. The van der Waals surface area contributed by atoms with Gasteiger partial charge in [0.2, 0.25) is 53.3 Å². The number of esters is 1. The lowest BCUT2D eigenvalue weighted by atomic mass is 9.94. The summed E-state index contributed by atoms with van der Waals surface area (Å²) in [6.45, 7) is 26.6. The van der Waals surface area contributed by atoms with Gasteiger partial charge in [-0.1, -0.05) is 0 Å². The van der Waals surface area contributed by atoms with E-state index >= 15 is 0 Å². The van der Waals surface area contributed by atoms with Crippen LogP contribution in [0.5, 0.6) is 11.5 Å². The van der Waals surface area contributed by atoms with Gasteiger partial charge in [0.1, 0.15) is 70.6 Å². The summed E-state index contributed by atoms with van der Waals surface area (Å²) in [6.07, 6.45) is -1.37. The van der Waals surface area contributed by atoms with E-state index in [1.807, 2.05) is 33.0 Å². The highest BCUT2D eigenvalue weighted by Gasteiger charge is 2.40. The molecular weight excluding hydrogens is 1280 g/mol. The predicted octanol–water partition coefficient (Wildman–Crippen LogP) is 0.175. The Kier molecular flexibility index (Phi) is 26.2. The van der Waals surface area contributed by atoms with Crippen LogP contribution in [-0.2, 0) is 85.6 Å². The van der Waals surface area contributed by atoms with Crippen molar-refractivity contribution in [1.82, 2.24) is 46.7 Å². The highest BCUT2D eigenvalue weighted by Crippen LogP contribution is 2.45. The molecule has 34 heteroatoms. The topological polar surface area (TPSA) is 492 Å². The van der Waals surface area contributed by atoms with Crippen LogP contribution in [0.15, 0.2) is 19.8 Å². The Balaban J connectivity index is 1.49. The molecular formula is C61H93N13O19S2. The summed E-state index contributed by atoms with van der Waals surface area (Å²) in [7, 11) is -8.58. The van der Waals surface area contributed by atoms with Gasteiger partial charge in [0.15, 0.2) is 0 Å². The van der Waals surface area contributed by atoms with E-state index in [0.717, 1.165) is 25.0 Å². The fourth-order valence-electron chi connectivity index (χ4n) is 10.7. The number of carboxylic acids is 2. The first-order valence-electron chi connectivity index (χ1n) is 30.6. The number of benzene rings is 2. The average Bonchev–Trinajstić information content (AvgIpc) is 1.68. The Bertz CT molecular complexity index is 3660. The van der Waals surface area contributed by atoms with Crippen molar-refractivity contribution in [3.63, 3.8) is 0 Å². The first kappa shape index (κ1) is 78.6. The Morgan fingerprint density at radius 2 is 0.874 bits per heavy atom. The van der Waals surface area contributed by atoms with Gasteiger partial charge in [-0.2, -0.15) is 0 Å². The number of fused-ring (bicyclic) bond motifs is 2. The highest BCUT2D eigenvalue weighted by molar-refractivity contribution is 7.90. The van der Waals surface area contributed by atoms with Gasteiger partial charge in [0.25, 0.3) is 20.0 Å². The van der Waals surface area contributed by atoms with Crippen molar-refractivity contribution in [2.75, 3.05) is 13.1 Å². The van der Waals surface area contributed by atoms with Crippen molar-refractivity contribution in [3.05, 3.63) is 44.5 Å². The molecule has 2 heterocycles. The van der Waals surface area contributed by atoms with E-state index in [1.165, 1.54) is 34.6 Å². The molecule has 15 N–H and O–H groups in total. The lowest BCUT2D eigenvalue weighted by Crippen LogP contribution is -2.59. The van der Waals surface area contributed by atoms with Gasteiger partial charge in [-0.15, -0.1) is 0 Å². The van der Waals surface area contributed by atoms with Crippen molar-refractivity contribution in [3.8, 4) is 11.5 Å². The number of nitrogens with one attached hydrogen (secondary N) is 9. The second-order valence-electron chi connectivity index (χ2n) is 26.0. The number of rotatable bonds is 30. The number of hydrogen-bond donors (Lipinski definition) is 13. The van der Waals surface area contributed by atoms with Crippen LogP contribution >= 0.6 is 0 Å². The lowest BCUT2D eigenvalue weighted by molar-refractivity contribution is -0.156. The summed E-state index contributed by atoms with van der Waals surface area (Å²) in [5, 5.41) is 35.1. The second kappa shape index (κ2) is 31.6. The number of carboxylic acid groups (broad SMARTS) is 2. The van der Waals surface area contributed by atoms with Crippen molar-refractivity contribution in [2.24, 2.45) is 21.5 Å². The van der Waals surface area contributed by atoms with E-state index in [-0.39, 0.29) is 48.6 Å². The maximum absolute atomic E-state index is 14.1. The summed E-state index contributed by atoms with van der Waals surface area (Å²) < 4.78 is 77.3. The first-order chi connectivity index (χ1) is 43.6. The number of carbonyl (C=O) groups is 10. The third kappa shape index (κ3) is 21.9. The minimum Gasteiger partial charge on any atom is -0.487 e. The van der Waals surface area contributed by atoms with Gasteiger partial charge in [-0.05, 0) is 170 Å². The van der Waals surface area contributed by atoms with Crippen molar-refractivity contribution in [2.45, 2.75) is 238 Å². The number of guanidine groups is 2. The third-order valence-corrected chi connectivity index (χ3v) is 18.7. The molecule has 0 bridgehead atoms. The summed E-state index contributed by atoms with van der Waals surface area (Å²) in [4.78, 5) is 139. The Hall–Kier alpha value is -8.82. The largest absolute Gasteiger partial charge is 0.487 e. The number of amides is 7. The Morgan fingerprint density at radius 3 is 1.22 bits per heavy atom. The van der Waals surface area contributed by atoms with E-state index in [0.29, 0.717) is 57.7 Å². The monoisotopic (exact) mass is 1380 g/mol. The summed E-state index contributed by atoms with van der Waals surface area (Å²) >= 11 is 0. The standard InChI is InChI=1S/C61H93N13O19S2/c1-28-30(3)48(32(5)38-26-60(14,15)92-46(28)38)94(87,88)73-57(62)64-22-18-20-40(69-37(10)75)53(82)66-35(8)51(80)71-42(25-45(78)91-59(11,12)13)55(84)68-34(7)50(79)70-41(54(83)67-36(9)52(81)72-43(56(85)86)24-44(76)77)21-19-23-65-58(63)74-95(89,90)49-31(4)29(2)47-39(33(49)6)27-61(16,17)93-47/h34-36,40-43H,18-27H2,1-17H3,(H,66,82)(H,67,83)(H,68,84)(H,69,75)(H,70,79)(H,71,80)(H,72,81)(H,76,77)(H,85,86)(H3,62,64,73)(H3,63,65,74)/t34-,35-,36-,40-,41-,42-,43-/m0/s1. The maximum atomic E-state index is 14.1. The number of aliphatic carboxylic acids is 2. The molecule has 2 aromatic rings. The van der Waals surface area contributed by atoms with E-state index in [4.69, 9.17) is 30.8 Å². The van der Waals surface area contributed by atoms with Crippen LogP contribution in [0.4, 0.5) is 0 Å². The van der Waals surface area contributed by atoms with Crippen molar-refractivity contribution in [1.29, 1.82) is 0 Å². The van der Waals surface area contributed by atoms with Crippen molar-refractivity contribution >= 4 is 91.2 Å². The zero-order valence-corrected chi connectivity index (χ0v) is 58.4. The number of aliphatic imine (C=N–C) groups is 2. The van der Waals surface area contributed by atoms with Crippen LogP contribution in [0.3, 0.4) is 0 Å². The average molecular weight is 1380 g/mol. The molecule has 95 heavy (non-hydrogen) atoms. The fraction of sp³-hybridized carbons (Fsp3) is 0.607. The van der Waals surface area contributed by atoms with E-state index in [9.17, 15) is 69.9 Å². The van der Waals surface area contributed by atoms with Gasteiger partial charge >= 0.3 is 17.9 Å². The van der Waals surface area contributed by atoms with Crippen molar-refractivity contribution < 1.29 is 89.2 Å². The number of nitrogens with two attached hydrogens (primary N) is 2. The molecule has 2 aliphatic rings. The summed E-state index contributed by atoms with van der Waals surface area (Å²) in [5.74, 6) is -10.9. The SMILES string of the molecule is CC(=O)N[C@@H](CCCN=C(N)NS(=O)(=O)c1c(C)c(C)c2c(c1C)CC(C)(C)O2)C(=O)N[C@@H](C)C(=O)N[C@@H](CC(=O)OC(C)(C)C)C(=O)N[C@@H](C)C(=O)N[C@@H](CCCN=C(N)NS(=O)(=O)c1c(C)c(C)c2c(c1C)CC(C)(C)O2)C(=O)N[C@@H](C)C(=O)N[C@@H](CC(=O)O)C(=O)O. The molecule has 0 spiro atoms. The molecule has 7 atom stereocenters. The molecule has 7 amide bonds. The Labute approximate surface area is 553 Å². The fourth-order valence-corrected chi connectivity index (χ4v) is 13.7. The smallest absolute Gasteiger partial charge is 0.326 e. The number of hydrogen-bond acceptors (Lipinski definition) is 19. The van der Waals surface area contributed by atoms with E-state index in [1.54, 1.807) is 41.5 Å². The molecule has 0 radical (unpaired) electrons. The summed E-state index contributed by atoms with van der Waals surface area (Å²) in [5.41, 5.74) is 14.6. The number of nitrogens with zero attached hydrogens (tertiary/aromatic N) is 2. The van der Waals surface area contributed by atoms with Crippen LogP contribution in [0.2, 0.25) is 0 Å². The van der Waals surface area contributed by atoms with Crippen LogP contribution < -0.4 is 67.6 Å². The molecule has 0 fully saturated rings. The van der Waals surface area contributed by atoms with E-state index < -0.39 is 163 Å². The zero-order chi connectivity index (χ0) is 72.4. The quantitative estimate of drug-likeness (QED) is 0.0215. The minimum atomic E-state index is -4.34. The number of ether oxygens (including phenoxy) is 3. The van der Waals surface area contributed by atoms with Gasteiger partial charge in [0, 0.05) is 44.0 Å². The van der Waals surface area contributed by atoms with Gasteiger partial charge in [-0.3, -0.25) is 53.1 Å². The van der Waals surface area contributed by atoms with Crippen LogP contribution in [0.25, 0.3) is 0 Å². The lowest BCUT2D eigenvalue weighted by Gasteiger charge is -2.26. The number of sulfonamides is 2. The molecule has 0 unspecified atom stereocenters.